The molecular formula is C13H19N3O3. The summed E-state index contributed by atoms with van der Waals surface area (Å²) in [4.78, 5) is 28.3. The number of carboxylic acid groups (broad SMARTS) is 1. The largest absolute Gasteiger partial charge is 0.477 e. The summed E-state index contributed by atoms with van der Waals surface area (Å²) < 4.78 is 0. The Morgan fingerprint density at radius 3 is 2.68 bits per heavy atom. The van der Waals surface area contributed by atoms with Crippen molar-refractivity contribution in [3.63, 3.8) is 0 Å². The van der Waals surface area contributed by atoms with Gasteiger partial charge < -0.3 is 10.4 Å². The number of carboxylic acids is 1. The van der Waals surface area contributed by atoms with E-state index in [2.05, 4.69) is 10.3 Å². The van der Waals surface area contributed by atoms with E-state index in [9.17, 15) is 9.59 Å². The SMILES string of the molecule is CCNC(=O)CN(CC)Cc1cccc(C(=O)O)n1. The zero-order valence-electron chi connectivity index (χ0n) is 11.2. The third-order valence-electron chi connectivity index (χ3n) is 2.60. The van der Waals surface area contributed by atoms with Crippen molar-refractivity contribution in [2.45, 2.75) is 20.4 Å². The number of hydrogen-bond donors (Lipinski definition) is 2. The van der Waals surface area contributed by atoms with Crippen LogP contribution < -0.4 is 5.32 Å². The van der Waals surface area contributed by atoms with Crippen LogP contribution in [-0.2, 0) is 11.3 Å². The fraction of sp³-hybridized carbons (Fsp3) is 0.462. The molecule has 0 bridgehead atoms. The van der Waals surface area contributed by atoms with Gasteiger partial charge in [0.2, 0.25) is 5.91 Å². The predicted molar refractivity (Wildman–Crippen MR) is 70.8 cm³/mol. The van der Waals surface area contributed by atoms with Gasteiger partial charge in [-0.25, -0.2) is 9.78 Å². The Labute approximate surface area is 112 Å². The van der Waals surface area contributed by atoms with E-state index in [0.29, 0.717) is 25.3 Å². The minimum absolute atomic E-state index is 0.0200. The van der Waals surface area contributed by atoms with Crippen LogP contribution in [0, 0.1) is 0 Å². The number of carbonyl (C=O) groups is 2. The van der Waals surface area contributed by atoms with Gasteiger partial charge in [0.15, 0.2) is 0 Å². The normalized spacial score (nSPS) is 10.5. The number of pyridine rings is 1. The molecule has 104 valence electrons. The van der Waals surface area contributed by atoms with Crippen LogP contribution in [0.5, 0.6) is 0 Å². The van der Waals surface area contributed by atoms with E-state index < -0.39 is 5.97 Å². The Morgan fingerprint density at radius 2 is 2.11 bits per heavy atom. The molecule has 1 amide bonds. The molecule has 0 unspecified atom stereocenters. The molecule has 1 rings (SSSR count). The van der Waals surface area contributed by atoms with Gasteiger partial charge in [-0.2, -0.15) is 0 Å². The van der Waals surface area contributed by atoms with Gasteiger partial charge in [-0.05, 0) is 25.6 Å². The highest BCUT2D eigenvalue weighted by Gasteiger charge is 2.11. The van der Waals surface area contributed by atoms with E-state index in [1.807, 2.05) is 18.7 Å². The molecule has 6 heteroatoms. The molecule has 0 aromatic carbocycles. The maximum Gasteiger partial charge on any atom is 0.354 e. The van der Waals surface area contributed by atoms with E-state index in [0.717, 1.165) is 0 Å². The summed E-state index contributed by atoms with van der Waals surface area (Å²) >= 11 is 0. The fourth-order valence-corrected chi connectivity index (χ4v) is 1.65. The van der Waals surface area contributed by atoms with Gasteiger partial charge in [-0.3, -0.25) is 9.69 Å². The Bertz CT molecular complexity index is 449. The molecule has 0 saturated carbocycles. The smallest absolute Gasteiger partial charge is 0.354 e. The van der Waals surface area contributed by atoms with Crippen molar-refractivity contribution in [2.24, 2.45) is 0 Å². The molecule has 0 aliphatic rings. The van der Waals surface area contributed by atoms with E-state index in [1.165, 1.54) is 6.07 Å². The standard InChI is InChI=1S/C13H19N3O3/c1-3-14-12(17)9-16(4-2)8-10-6-5-7-11(15-10)13(18)19/h5-7H,3-4,8-9H2,1-2H3,(H,14,17)(H,18,19). The average Bonchev–Trinajstić information content (AvgIpc) is 2.38. The van der Waals surface area contributed by atoms with Gasteiger partial charge >= 0.3 is 5.97 Å². The van der Waals surface area contributed by atoms with Gasteiger partial charge in [0.25, 0.3) is 0 Å². The maximum absolute atomic E-state index is 11.5. The second-order valence-corrected chi connectivity index (χ2v) is 4.08. The van der Waals surface area contributed by atoms with Crippen LogP contribution in [0.4, 0.5) is 0 Å². The molecule has 0 atom stereocenters. The number of carbonyl (C=O) groups excluding carboxylic acids is 1. The zero-order chi connectivity index (χ0) is 14.3. The van der Waals surface area contributed by atoms with Crippen LogP contribution in [0.3, 0.4) is 0 Å². The quantitative estimate of drug-likeness (QED) is 0.759. The number of rotatable bonds is 7. The lowest BCUT2D eigenvalue weighted by Gasteiger charge is -2.19. The van der Waals surface area contributed by atoms with E-state index >= 15 is 0 Å². The summed E-state index contributed by atoms with van der Waals surface area (Å²) in [6.45, 7) is 5.84. The first-order valence-electron chi connectivity index (χ1n) is 6.25. The molecule has 0 aliphatic heterocycles. The Hall–Kier alpha value is -1.95. The molecule has 19 heavy (non-hydrogen) atoms. The maximum atomic E-state index is 11.5. The van der Waals surface area contributed by atoms with E-state index in [-0.39, 0.29) is 18.1 Å². The number of nitrogens with one attached hydrogen (secondary N) is 1. The van der Waals surface area contributed by atoms with Crippen molar-refractivity contribution in [3.05, 3.63) is 29.6 Å². The molecule has 1 aromatic heterocycles. The van der Waals surface area contributed by atoms with Gasteiger partial charge in [0.1, 0.15) is 5.69 Å². The summed E-state index contributed by atoms with van der Waals surface area (Å²) in [5, 5.41) is 11.6. The first-order chi connectivity index (χ1) is 9.06. The highest BCUT2D eigenvalue weighted by molar-refractivity contribution is 5.85. The highest BCUT2D eigenvalue weighted by Crippen LogP contribution is 2.04. The second kappa shape index (κ2) is 7.48. The van der Waals surface area contributed by atoms with E-state index in [1.54, 1.807) is 12.1 Å². The van der Waals surface area contributed by atoms with Crippen LogP contribution in [0.15, 0.2) is 18.2 Å². The molecule has 0 fully saturated rings. The number of likely N-dealkylation sites (N-methyl/N-ethyl adjacent to an activating group) is 2. The first kappa shape index (κ1) is 15.1. The van der Waals surface area contributed by atoms with Crippen molar-refractivity contribution < 1.29 is 14.7 Å². The zero-order valence-corrected chi connectivity index (χ0v) is 11.2. The lowest BCUT2D eigenvalue weighted by Crippen LogP contribution is -2.36. The molecule has 0 aliphatic carbocycles. The molecule has 6 nitrogen and oxygen atoms in total. The van der Waals surface area contributed by atoms with Crippen molar-refractivity contribution in [2.75, 3.05) is 19.6 Å². The molecule has 1 aromatic rings. The van der Waals surface area contributed by atoms with Crippen LogP contribution in [-0.4, -0.2) is 46.5 Å². The topological polar surface area (TPSA) is 82.5 Å². The fourth-order valence-electron chi connectivity index (χ4n) is 1.65. The number of aromatic nitrogens is 1. The van der Waals surface area contributed by atoms with Crippen LogP contribution in [0.2, 0.25) is 0 Å². The van der Waals surface area contributed by atoms with Crippen LogP contribution in [0.1, 0.15) is 30.0 Å². The Kier molecular flexibility index (Phi) is 5.95. The van der Waals surface area contributed by atoms with Crippen molar-refractivity contribution >= 4 is 11.9 Å². The molecule has 0 radical (unpaired) electrons. The number of amides is 1. The summed E-state index contributed by atoms with van der Waals surface area (Å²) in [6.07, 6.45) is 0. The number of aromatic carboxylic acids is 1. The first-order valence-corrected chi connectivity index (χ1v) is 6.25. The van der Waals surface area contributed by atoms with Crippen molar-refractivity contribution in [1.29, 1.82) is 0 Å². The van der Waals surface area contributed by atoms with Crippen LogP contribution >= 0.6 is 0 Å². The summed E-state index contributed by atoms with van der Waals surface area (Å²) in [6, 6.07) is 4.87. The summed E-state index contributed by atoms with van der Waals surface area (Å²) in [5.41, 5.74) is 0.664. The second-order valence-electron chi connectivity index (χ2n) is 4.08. The van der Waals surface area contributed by atoms with Gasteiger partial charge in [-0.15, -0.1) is 0 Å². The molecule has 2 N–H and O–H groups in total. The minimum Gasteiger partial charge on any atom is -0.477 e. The predicted octanol–water partition coefficient (Wildman–Crippen LogP) is 0.738. The third kappa shape index (κ3) is 5.05. The Morgan fingerprint density at radius 1 is 1.37 bits per heavy atom. The van der Waals surface area contributed by atoms with Crippen molar-refractivity contribution in [1.82, 2.24) is 15.2 Å². The molecular weight excluding hydrogens is 246 g/mol. The Balaban J connectivity index is 2.67. The van der Waals surface area contributed by atoms with E-state index in [4.69, 9.17) is 5.11 Å². The molecule has 0 saturated heterocycles. The summed E-state index contributed by atoms with van der Waals surface area (Å²) in [5.74, 6) is -1.09. The van der Waals surface area contributed by atoms with Crippen molar-refractivity contribution in [3.8, 4) is 0 Å². The van der Waals surface area contributed by atoms with Crippen LogP contribution in [0.25, 0.3) is 0 Å². The van der Waals surface area contributed by atoms with Gasteiger partial charge in [0, 0.05) is 13.1 Å². The monoisotopic (exact) mass is 265 g/mol. The average molecular weight is 265 g/mol. The van der Waals surface area contributed by atoms with Gasteiger partial charge in [0.05, 0.1) is 12.2 Å². The minimum atomic E-state index is -1.05. The lowest BCUT2D eigenvalue weighted by atomic mass is 10.3. The third-order valence-corrected chi connectivity index (χ3v) is 2.60. The molecule has 0 spiro atoms. The highest BCUT2D eigenvalue weighted by atomic mass is 16.4. The molecule has 1 heterocycles. The number of hydrogen-bond acceptors (Lipinski definition) is 4. The lowest BCUT2D eigenvalue weighted by molar-refractivity contribution is -0.122. The van der Waals surface area contributed by atoms with Gasteiger partial charge in [-0.1, -0.05) is 13.0 Å². The summed E-state index contributed by atoms with van der Waals surface area (Å²) in [7, 11) is 0. The number of nitrogens with zero attached hydrogens (tertiary/aromatic N) is 2.